The Morgan fingerprint density at radius 3 is 2.56 bits per heavy atom. The van der Waals surface area contributed by atoms with Crippen molar-refractivity contribution in [1.82, 2.24) is 4.90 Å². The molecule has 1 heterocycles. The van der Waals surface area contributed by atoms with Crippen LogP contribution in [0.4, 0.5) is 0 Å². The number of thiol groups is 1. The van der Waals surface area contributed by atoms with E-state index in [1.807, 2.05) is 0 Å². The van der Waals surface area contributed by atoms with E-state index in [1.165, 1.54) is 13.0 Å². The van der Waals surface area contributed by atoms with Crippen molar-refractivity contribution in [2.24, 2.45) is 17.3 Å². The van der Waals surface area contributed by atoms with E-state index in [-0.39, 0.29) is 42.9 Å². The van der Waals surface area contributed by atoms with Gasteiger partial charge in [-0.2, -0.15) is 19.0 Å². The Bertz CT molecular complexity index is 245. The Kier molecular flexibility index (Phi) is 8.01. The minimum atomic E-state index is -0.00690. The van der Waals surface area contributed by atoms with Gasteiger partial charge in [0.2, 0.25) is 0 Å². The van der Waals surface area contributed by atoms with E-state index in [0.29, 0.717) is 11.8 Å². The molecule has 105 valence electrons. The molecule has 0 N–H and O–H groups in total. The Morgan fingerprint density at radius 1 is 1.56 bits per heavy atom. The molecule has 4 atom stereocenters. The van der Waals surface area contributed by atoms with Gasteiger partial charge in [-0.15, -0.1) is 5.41 Å². The van der Waals surface area contributed by atoms with Gasteiger partial charge >= 0.3 is 0 Å². The van der Waals surface area contributed by atoms with Crippen LogP contribution >= 0.6 is 12.6 Å². The van der Waals surface area contributed by atoms with Gasteiger partial charge in [0.05, 0.1) is 0 Å². The van der Waals surface area contributed by atoms with Crippen molar-refractivity contribution in [1.29, 1.82) is 0 Å². The van der Waals surface area contributed by atoms with E-state index in [4.69, 9.17) is 12.6 Å². The third-order valence-electron chi connectivity index (χ3n) is 4.32. The van der Waals surface area contributed by atoms with Crippen molar-refractivity contribution in [2.45, 2.75) is 44.8 Å². The Labute approximate surface area is 145 Å². The van der Waals surface area contributed by atoms with Crippen LogP contribution in [0.1, 0.15) is 40.0 Å². The van der Waals surface area contributed by atoms with Crippen LogP contribution in [0.5, 0.6) is 0 Å². The van der Waals surface area contributed by atoms with Gasteiger partial charge in [-0.1, -0.05) is 33.1 Å². The summed E-state index contributed by atoms with van der Waals surface area (Å²) in [5, 5.41) is 0. The van der Waals surface area contributed by atoms with Crippen molar-refractivity contribution in [3.05, 3.63) is 13.8 Å². The van der Waals surface area contributed by atoms with Crippen molar-refractivity contribution >= 4 is 12.6 Å². The molecule has 18 heavy (non-hydrogen) atoms. The third-order valence-corrected chi connectivity index (χ3v) is 4.97. The molecule has 1 aliphatic heterocycles. The van der Waals surface area contributed by atoms with Crippen LogP contribution in [0.15, 0.2) is 0 Å². The maximum Gasteiger partial charge on any atom is 0.000241 e. The summed E-state index contributed by atoms with van der Waals surface area (Å²) in [6.45, 7) is 17.6. The molecular weight excluding hydrogens is 315 g/mol. The van der Waals surface area contributed by atoms with Gasteiger partial charge in [0.25, 0.3) is 0 Å². The largest absolute Gasteiger partial charge is 0.343 e. The molecule has 0 saturated carbocycles. The predicted molar refractivity (Wildman–Crippen MR) is 80.2 cm³/mol. The summed E-state index contributed by atoms with van der Waals surface area (Å²) in [6, 6.07) is 0. The van der Waals surface area contributed by atoms with Crippen LogP contribution in [0.25, 0.3) is 0 Å². The fourth-order valence-corrected chi connectivity index (χ4v) is 3.77. The zero-order chi connectivity index (χ0) is 13.3. The summed E-state index contributed by atoms with van der Waals surface area (Å²) in [6.07, 6.45) is 3.27. The van der Waals surface area contributed by atoms with Crippen LogP contribution in [-0.2, 0) is 32.7 Å². The van der Waals surface area contributed by atoms with E-state index in [2.05, 4.69) is 46.6 Å². The number of likely N-dealkylation sites (tertiary alicyclic amines) is 1. The monoisotopic (exact) mass is 344 g/mol. The molecule has 1 radical (unpaired) electrons. The SMILES string of the molecule is [CH2-]CC(C)CC(C)(S)C1([CH2-])CC(C)CN(C)C1.[Y]. The van der Waals surface area contributed by atoms with Gasteiger partial charge in [0, 0.05) is 39.3 Å². The summed E-state index contributed by atoms with van der Waals surface area (Å²) < 4.78 is -0.00690. The fraction of sp³-hybridized carbons (Fsp3) is 0.867. The normalized spacial score (nSPS) is 34.5. The third kappa shape index (κ3) is 4.75. The molecule has 1 aliphatic rings. The number of rotatable bonds is 4. The summed E-state index contributed by atoms with van der Waals surface area (Å²) in [7, 11) is 2.20. The fourth-order valence-electron chi connectivity index (χ4n) is 3.30. The molecule has 0 aromatic carbocycles. The molecule has 3 heteroatoms. The zero-order valence-electron chi connectivity index (χ0n) is 12.6. The second kappa shape index (κ2) is 7.43. The Morgan fingerprint density at radius 2 is 2.11 bits per heavy atom. The first kappa shape index (κ1) is 19.4. The van der Waals surface area contributed by atoms with Crippen molar-refractivity contribution in [3.63, 3.8) is 0 Å². The van der Waals surface area contributed by atoms with Crippen LogP contribution < -0.4 is 0 Å². The Balaban J connectivity index is 0.00000289. The topological polar surface area (TPSA) is 3.24 Å². The van der Waals surface area contributed by atoms with Crippen molar-refractivity contribution in [3.8, 4) is 0 Å². The summed E-state index contributed by atoms with van der Waals surface area (Å²) >= 11 is 4.97. The van der Waals surface area contributed by atoms with Crippen molar-refractivity contribution < 1.29 is 32.7 Å². The maximum atomic E-state index is 4.97. The summed E-state index contributed by atoms with van der Waals surface area (Å²) in [4.78, 5) is 2.41. The van der Waals surface area contributed by atoms with Gasteiger partial charge in [-0.3, -0.25) is 0 Å². The second-order valence-corrected chi connectivity index (χ2v) is 7.65. The van der Waals surface area contributed by atoms with E-state index in [1.54, 1.807) is 0 Å². The molecule has 0 bridgehead atoms. The van der Waals surface area contributed by atoms with E-state index in [9.17, 15) is 0 Å². The Hall–Kier alpha value is 1.41. The molecular formula is C15H29NSY-2. The number of nitrogens with zero attached hydrogens (tertiary/aromatic N) is 1. The van der Waals surface area contributed by atoms with E-state index >= 15 is 0 Å². The van der Waals surface area contributed by atoms with Crippen LogP contribution in [-0.4, -0.2) is 29.8 Å². The molecule has 4 unspecified atom stereocenters. The van der Waals surface area contributed by atoms with Gasteiger partial charge in [0.15, 0.2) is 0 Å². The average molecular weight is 344 g/mol. The first-order valence-corrected chi connectivity index (χ1v) is 7.20. The first-order valence-electron chi connectivity index (χ1n) is 6.76. The quantitative estimate of drug-likeness (QED) is 0.601. The predicted octanol–water partition coefficient (Wildman–Crippen LogP) is 3.71. The summed E-state index contributed by atoms with van der Waals surface area (Å²) in [5.74, 6) is 1.34. The maximum absolute atomic E-state index is 4.97. The average Bonchev–Trinajstić information content (AvgIpc) is 2.14. The molecule has 1 fully saturated rings. The van der Waals surface area contributed by atoms with Crippen LogP contribution in [0.2, 0.25) is 0 Å². The standard InChI is InChI=1S/C15H29NS.Y/c1-7-12(2)9-15(5,17)14(4)8-13(3)10-16(6)11-14;/h12-13,17H,1,4,7-11H2,2-3,5-6H3;/q-2;. The van der Waals surface area contributed by atoms with Gasteiger partial charge < -0.3 is 18.7 Å². The van der Waals surface area contributed by atoms with Crippen molar-refractivity contribution in [2.75, 3.05) is 20.1 Å². The smallest absolute Gasteiger partial charge is 0.000241 e. The van der Waals surface area contributed by atoms with E-state index < -0.39 is 0 Å². The number of piperidine rings is 1. The molecule has 0 amide bonds. The number of hydrogen-bond donors (Lipinski definition) is 1. The minimum absolute atomic E-state index is 0. The first-order chi connectivity index (χ1) is 7.70. The van der Waals surface area contributed by atoms with Gasteiger partial charge in [0.1, 0.15) is 0 Å². The van der Waals surface area contributed by atoms with Crippen LogP contribution in [0, 0.1) is 31.1 Å². The molecule has 1 rings (SSSR count). The molecule has 0 aromatic rings. The zero-order valence-corrected chi connectivity index (χ0v) is 16.3. The van der Waals surface area contributed by atoms with Gasteiger partial charge in [-0.05, 0) is 30.7 Å². The molecule has 0 spiro atoms. The van der Waals surface area contributed by atoms with Crippen LogP contribution in [0.3, 0.4) is 0 Å². The van der Waals surface area contributed by atoms with Gasteiger partial charge in [-0.25, -0.2) is 0 Å². The second-order valence-electron chi connectivity index (χ2n) is 6.66. The summed E-state index contributed by atoms with van der Waals surface area (Å²) in [5.41, 5.74) is 0.0615. The molecule has 1 saturated heterocycles. The number of hydrogen-bond acceptors (Lipinski definition) is 2. The molecule has 1 nitrogen and oxygen atoms in total. The van der Waals surface area contributed by atoms with E-state index in [0.717, 1.165) is 19.4 Å². The molecule has 0 aromatic heterocycles. The minimum Gasteiger partial charge on any atom is -0.343 e. The molecule has 0 aliphatic carbocycles.